The molecular weight excluding hydrogens is 170 g/mol. The number of nitrogens with zero attached hydrogens (tertiary/aromatic N) is 3. The van der Waals surface area contributed by atoms with E-state index in [0.717, 1.165) is 0 Å². The SMILES string of the molecule is Cn1nccc1C(=O)N1CC(O)C1. The monoisotopic (exact) mass is 181 g/mol. The minimum absolute atomic E-state index is 0.0645. The van der Waals surface area contributed by atoms with E-state index in [1.165, 1.54) is 4.68 Å². The molecule has 1 aromatic heterocycles. The number of hydrogen-bond acceptors (Lipinski definition) is 3. The van der Waals surface area contributed by atoms with E-state index in [0.29, 0.717) is 18.8 Å². The maximum absolute atomic E-state index is 11.6. The molecule has 1 aliphatic rings. The summed E-state index contributed by atoms with van der Waals surface area (Å²) in [7, 11) is 1.73. The summed E-state index contributed by atoms with van der Waals surface area (Å²) in [5.41, 5.74) is 0.562. The smallest absolute Gasteiger partial charge is 0.272 e. The average Bonchev–Trinajstić information content (AvgIpc) is 2.44. The Morgan fingerprint density at radius 3 is 2.85 bits per heavy atom. The summed E-state index contributed by atoms with van der Waals surface area (Å²) >= 11 is 0. The van der Waals surface area contributed by atoms with E-state index in [1.807, 2.05) is 0 Å². The Bertz CT molecular complexity index is 328. The molecular formula is C8H11N3O2. The first-order valence-corrected chi connectivity index (χ1v) is 4.14. The van der Waals surface area contributed by atoms with Crippen LogP contribution in [0.25, 0.3) is 0 Å². The van der Waals surface area contributed by atoms with E-state index in [-0.39, 0.29) is 12.0 Å². The number of rotatable bonds is 1. The van der Waals surface area contributed by atoms with Crippen LogP contribution in [0.3, 0.4) is 0 Å². The lowest BCUT2D eigenvalue weighted by Crippen LogP contribution is -2.53. The second-order valence-electron chi connectivity index (χ2n) is 3.20. The molecule has 5 nitrogen and oxygen atoms in total. The predicted octanol–water partition coefficient (Wildman–Crippen LogP) is -0.763. The summed E-state index contributed by atoms with van der Waals surface area (Å²) in [4.78, 5) is 13.2. The van der Waals surface area contributed by atoms with Gasteiger partial charge in [-0.25, -0.2) is 0 Å². The summed E-state index contributed by atoms with van der Waals surface area (Å²) in [6.45, 7) is 0.869. The first-order valence-electron chi connectivity index (χ1n) is 4.14. The lowest BCUT2D eigenvalue weighted by Gasteiger charge is -2.35. The van der Waals surface area contributed by atoms with Gasteiger partial charge in [0.2, 0.25) is 0 Å². The number of aliphatic hydroxyl groups excluding tert-OH is 1. The molecule has 1 aliphatic heterocycles. The van der Waals surface area contributed by atoms with Gasteiger partial charge >= 0.3 is 0 Å². The predicted molar refractivity (Wildman–Crippen MR) is 45.1 cm³/mol. The van der Waals surface area contributed by atoms with Gasteiger partial charge in [-0.05, 0) is 6.07 Å². The summed E-state index contributed by atoms with van der Waals surface area (Å²) in [5, 5.41) is 12.9. The van der Waals surface area contributed by atoms with Gasteiger partial charge < -0.3 is 10.0 Å². The van der Waals surface area contributed by atoms with E-state index in [4.69, 9.17) is 5.11 Å². The van der Waals surface area contributed by atoms with Crippen molar-refractivity contribution < 1.29 is 9.90 Å². The molecule has 2 heterocycles. The number of aryl methyl sites for hydroxylation is 1. The van der Waals surface area contributed by atoms with E-state index < -0.39 is 0 Å². The number of carbonyl (C=O) groups is 1. The summed E-state index contributed by atoms with van der Waals surface area (Å²) in [6, 6.07) is 1.67. The van der Waals surface area contributed by atoms with Gasteiger partial charge in [0.15, 0.2) is 0 Å². The molecule has 1 saturated heterocycles. The number of carbonyl (C=O) groups excluding carboxylic acids is 1. The van der Waals surface area contributed by atoms with Crippen LogP contribution >= 0.6 is 0 Å². The van der Waals surface area contributed by atoms with Crippen LogP contribution in [0.4, 0.5) is 0 Å². The second kappa shape index (κ2) is 2.85. The van der Waals surface area contributed by atoms with E-state index in [9.17, 15) is 4.79 Å². The average molecular weight is 181 g/mol. The third kappa shape index (κ3) is 1.31. The van der Waals surface area contributed by atoms with Gasteiger partial charge in [0.05, 0.1) is 6.10 Å². The summed E-state index contributed by atoms with van der Waals surface area (Å²) < 4.78 is 1.53. The van der Waals surface area contributed by atoms with Crippen molar-refractivity contribution in [1.82, 2.24) is 14.7 Å². The molecule has 0 bridgehead atoms. The molecule has 0 atom stereocenters. The molecule has 1 amide bonds. The highest BCUT2D eigenvalue weighted by Gasteiger charge is 2.30. The molecule has 5 heteroatoms. The fourth-order valence-corrected chi connectivity index (χ4v) is 1.37. The third-order valence-electron chi connectivity index (χ3n) is 2.19. The van der Waals surface area contributed by atoms with E-state index in [2.05, 4.69) is 5.10 Å². The minimum Gasteiger partial charge on any atom is -0.389 e. The van der Waals surface area contributed by atoms with Crippen molar-refractivity contribution in [3.05, 3.63) is 18.0 Å². The Kier molecular flexibility index (Phi) is 1.81. The van der Waals surface area contributed by atoms with Crippen LogP contribution in [-0.2, 0) is 7.05 Å². The number of β-amino-alcohol motifs (C(OH)–C–C–N with tert-alkyl or cyclic N) is 1. The van der Waals surface area contributed by atoms with Gasteiger partial charge in [-0.3, -0.25) is 9.48 Å². The summed E-state index contributed by atoms with van der Waals surface area (Å²) in [6.07, 6.45) is 1.24. The van der Waals surface area contributed by atoms with Gasteiger partial charge in [0, 0.05) is 26.3 Å². The molecule has 0 saturated carbocycles. The molecule has 1 N–H and O–H groups in total. The standard InChI is InChI=1S/C8H11N3O2/c1-10-7(2-3-9-10)8(13)11-4-6(12)5-11/h2-3,6,12H,4-5H2,1H3. The van der Waals surface area contributed by atoms with Crippen molar-refractivity contribution in [3.8, 4) is 0 Å². The number of aliphatic hydroxyl groups is 1. The zero-order valence-corrected chi connectivity index (χ0v) is 7.34. The van der Waals surface area contributed by atoms with Crippen molar-refractivity contribution in [2.24, 2.45) is 7.05 Å². The molecule has 1 aromatic rings. The Morgan fingerprint density at radius 2 is 2.38 bits per heavy atom. The highest BCUT2D eigenvalue weighted by Crippen LogP contribution is 2.11. The first-order chi connectivity index (χ1) is 6.18. The molecule has 0 aromatic carbocycles. The number of hydrogen-bond donors (Lipinski definition) is 1. The Hall–Kier alpha value is -1.36. The van der Waals surface area contributed by atoms with Crippen molar-refractivity contribution in [1.29, 1.82) is 0 Å². The summed E-state index contributed by atoms with van der Waals surface area (Å²) in [5.74, 6) is -0.0645. The van der Waals surface area contributed by atoms with Crippen LogP contribution in [0.2, 0.25) is 0 Å². The number of amides is 1. The fraction of sp³-hybridized carbons (Fsp3) is 0.500. The number of aromatic nitrogens is 2. The van der Waals surface area contributed by atoms with E-state index >= 15 is 0 Å². The minimum atomic E-state index is -0.350. The van der Waals surface area contributed by atoms with E-state index in [1.54, 1.807) is 24.2 Å². The van der Waals surface area contributed by atoms with Crippen molar-refractivity contribution in [3.63, 3.8) is 0 Å². The van der Waals surface area contributed by atoms with Crippen LogP contribution in [0, 0.1) is 0 Å². The molecule has 1 fully saturated rings. The molecule has 13 heavy (non-hydrogen) atoms. The Labute approximate surface area is 75.6 Å². The van der Waals surface area contributed by atoms with Gasteiger partial charge in [0.1, 0.15) is 5.69 Å². The van der Waals surface area contributed by atoms with Crippen LogP contribution < -0.4 is 0 Å². The molecule has 0 spiro atoms. The largest absolute Gasteiger partial charge is 0.389 e. The highest BCUT2D eigenvalue weighted by molar-refractivity contribution is 5.93. The van der Waals surface area contributed by atoms with Gasteiger partial charge in [-0.15, -0.1) is 0 Å². The number of likely N-dealkylation sites (tertiary alicyclic amines) is 1. The van der Waals surface area contributed by atoms with Crippen LogP contribution in [0.5, 0.6) is 0 Å². The molecule has 2 rings (SSSR count). The molecule has 0 radical (unpaired) electrons. The van der Waals surface area contributed by atoms with Gasteiger partial charge in [-0.1, -0.05) is 0 Å². The quantitative estimate of drug-likeness (QED) is 0.619. The van der Waals surface area contributed by atoms with Crippen LogP contribution in [0.1, 0.15) is 10.5 Å². The Balaban J connectivity index is 2.10. The normalized spacial score (nSPS) is 17.2. The van der Waals surface area contributed by atoms with Gasteiger partial charge in [0.25, 0.3) is 5.91 Å². The van der Waals surface area contributed by atoms with Crippen LogP contribution in [0.15, 0.2) is 12.3 Å². The zero-order valence-electron chi connectivity index (χ0n) is 7.34. The zero-order chi connectivity index (χ0) is 9.42. The molecule has 0 aliphatic carbocycles. The van der Waals surface area contributed by atoms with Crippen LogP contribution in [-0.4, -0.2) is 44.9 Å². The topological polar surface area (TPSA) is 58.4 Å². The molecule has 0 unspecified atom stereocenters. The lowest BCUT2D eigenvalue weighted by atomic mass is 10.1. The van der Waals surface area contributed by atoms with Crippen molar-refractivity contribution >= 4 is 5.91 Å². The first kappa shape index (κ1) is 8.25. The maximum Gasteiger partial charge on any atom is 0.272 e. The van der Waals surface area contributed by atoms with Crippen molar-refractivity contribution in [2.75, 3.05) is 13.1 Å². The lowest BCUT2D eigenvalue weighted by molar-refractivity contribution is 0.00517. The third-order valence-corrected chi connectivity index (χ3v) is 2.19. The van der Waals surface area contributed by atoms with Gasteiger partial charge in [-0.2, -0.15) is 5.10 Å². The van der Waals surface area contributed by atoms with Crippen molar-refractivity contribution in [2.45, 2.75) is 6.10 Å². The molecule has 70 valence electrons. The highest BCUT2D eigenvalue weighted by atomic mass is 16.3. The second-order valence-corrected chi connectivity index (χ2v) is 3.20. The maximum atomic E-state index is 11.6. The fourth-order valence-electron chi connectivity index (χ4n) is 1.37. The Morgan fingerprint density at radius 1 is 1.69 bits per heavy atom.